The van der Waals surface area contributed by atoms with E-state index in [1.165, 1.54) is 11.3 Å². The van der Waals surface area contributed by atoms with Crippen LogP contribution in [0.2, 0.25) is 0 Å². The highest BCUT2D eigenvalue weighted by molar-refractivity contribution is 14.0. The molecule has 32 heavy (non-hydrogen) atoms. The smallest absolute Gasteiger partial charge is 0.191 e. The Bertz CT molecular complexity index is 897. The van der Waals surface area contributed by atoms with Crippen molar-refractivity contribution >= 4 is 29.9 Å². The van der Waals surface area contributed by atoms with Gasteiger partial charge in [-0.05, 0) is 64.5 Å². The molecule has 0 aliphatic carbocycles. The largest absolute Gasteiger partial charge is 0.493 e. The van der Waals surface area contributed by atoms with E-state index in [-0.39, 0.29) is 36.1 Å². The molecule has 1 heterocycles. The van der Waals surface area contributed by atoms with Crippen LogP contribution in [0.5, 0.6) is 11.5 Å². The number of hydrogen-bond donors (Lipinski definition) is 2. The van der Waals surface area contributed by atoms with E-state index >= 15 is 0 Å². The quantitative estimate of drug-likeness (QED) is 0.280. The van der Waals surface area contributed by atoms with Crippen LogP contribution in [0.4, 0.5) is 0 Å². The molecule has 0 saturated carbocycles. The highest BCUT2D eigenvalue weighted by atomic mass is 127. The van der Waals surface area contributed by atoms with Crippen molar-refractivity contribution in [2.45, 2.75) is 39.3 Å². The summed E-state index contributed by atoms with van der Waals surface area (Å²) < 4.78 is 12.8. The number of guanidine groups is 1. The van der Waals surface area contributed by atoms with Crippen molar-refractivity contribution in [2.24, 2.45) is 12.0 Å². The van der Waals surface area contributed by atoms with E-state index in [4.69, 9.17) is 9.47 Å². The number of halogens is 1. The minimum absolute atomic E-state index is 0. The van der Waals surface area contributed by atoms with Crippen molar-refractivity contribution in [3.63, 3.8) is 0 Å². The molecule has 180 valence electrons. The third-order valence-corrected chi connectivity index (χ3v) is 5.65. The van der Waals surface area contributed by atoms with Crippen molar-refractivity contribution in [1.29, 1.82) is 0 Å². The standard InChI is InChI=1S/C23H38N6O2.HI/c1-15(12-19-16(2)27-29(7)17(19)3)26-23(24-4)25-14-20(28(5)6)18-10-11-21(30-8)22(13-18)31-9;/h10-11,13,15,20H,12,14H2,1-9H3,(H2,24,25,26);1H. The van der Waals surface area contributed by atoms with Crippen LogP contribution in [0.1, 0.15) is 35.5 Å². The fourth-order valence-corrected chi connectivity index (χ4v) is 3.75. The van der Waals surface area contributed by atoms with E-state index < -0.39 is 0 Å². The fraction of sp³-hybridized carbons (Fsp3) is 0.565. The monoisotopic (exact) mass is 558 g/mol. The molecular formula is C23H39IN6O2. The molecule has 2 N–H and O–H groups in total. The molecule has 9 heteroatoms. The molecule has 1 aromatic heterocycles. The van der Waals surface area contributed by atoms with E-state index in [0.29, 0.717) is 6.54 Å². The Balaban J connectivity index is 0.00000512. The lowest BCUT2D eigenvalue weighted by atomic mass is 10.0. The second-order valence-corrected chi connectivity index (χ2v) is 8.07. The van der Waals surface area contributed by atoms with Crippen molar-refractivity contribution < 1.29 is 9.47 Å². The van der Waals surface area contributed by atoms with Crippen molar-refractivity contribution in [3.05, 3.63) is 40.7 Å². The number of nitrogens with zero attached hydrogens (tertiary/aromatic N) is 4. The van der Waals surface area contributed by atoms with Gasteiger partial charge in [-0.1, -0.05) is 6.07 Å². The lowest BCUT2D eigenvalue weighted by Crippen LogP contribution is -2.45. The van der Waals surface area contributed by atoms with Gasteiger partial charge in [-0.2, -0.15) is 5.10 Å². The van der Waals surface area contributed by atoms with Gasteiger partial charge in [0.05, 0.1) is 26.0 Å². The van der Waals surface area contributed by atoms with E-state index in [9.17, 15) is 0 Å². The van der Waals surface area contributed by atoms with Gasteiger partial charge in [0, 0.05) is 32.4 Å². The van der Waals surface area contributed by atoms with Crippen molar-refractivity contribution in [3.8, 4) is 11.5 Å². The number of aryl methyl sites for hydroxylation is 2. The molecule has 2 aromatic rings. The average Bonchev–Trinajstić information content (AvgIpc) is 2.98. The van der Waals surface area contributed by atoms with Gasteiger partial charge in [0.15, 0.2) is 17.5 Å². The molecule has 2 unspecified atom stereocenters. The number of nitrogens with one attached hydrogen (secondary N) is 2. The van der Waals surface area contributed by atoms with Gasteiger partial charge in [0.25, 0.3) is 0 Å². The van der Waals surface area contributed by atoms with Gasteiger partial charge in [-0.15, -0.1) is 24.0 Å². The summed E-state index contributed by atoms with van der Waals surface area (Å²) in [6, 6.07) is 6.39. The fourth-order valence-electron chi connectivity index (χ4n) is 3.75. The molecule has 0 aliphatic heterocycles. The van der Waals surface area contributed by atoms with Gasteiger partial charge < -0.3 is 25.0 Å². The number of benzene rings is 1. The zero-order chi connectivity index (χ0) is 23.1. The van der Waals surface area contributed by atoms with Crippen LogP contribution in [0.25, 0.3) is 0 Å². The van der Waals surface area contributed by atoms with Crippen LogP contribution in [-0.2, 0) is 13.5 Å². The molecule has 2 rings (SSSR count). The number of likely N-dealkylation sites (N-methyl/N-ethyl adjacent to an activating group) is 1. The highest BCUT2D eigenvalue weighted by Crippen LogP contribution is 2.31. The van der Waals surface area contributed by atoms with E-state index in [1.54, 1.807) is 21.3 Å². The second kappa shape index (κ2) is 12.9. The topological polar surface area (TPSA) is 75.9 Å². The van der Waals surface area contributed by atoms with Crippen LogP contribution in [0, 0.1) is 13.8 Å². The molecular weight excluding hydrogens is 519 g/mol. The lowest BCUT2D eigenvalue weighted by Gasteiger charge is -2.27. The summed E-state index contributed by atoms with van der Waals surface area (Å²) in [5, 5.41) is 11.5. The maximum absolute atomic E-state index is 5.48. The Kier molecular flexibility index (Phi) is 11.3. The van der Waals surface area contributed by atoms with Gasteiger partial charge in [0.1, 0.15) is 0 Å². The summed E-state index contributed by atoms with van der Waals surface area (Å²) in [6.07, 6.45) is 0.888. The van der Waals surface area contributed by atoms with Crippen molar-refractivity contribution in [1.82, 2.24) is 25.3 Å². The molecule has 8 nitrogen and oxygen atoms in total. The molecule has 0 fully saturated rings. The van der Waals surface area contributed by atoms with Gasteiger partial charge >= 0.3 is 0 Å². The number of aliphatic imine (C=N–C) groups is 1. The number of methoxy groups -OCH3 is 2. The number of rotatable bonds is 9. The first-order valence-corrected chi connectivity index (χ1v) is 10.6. The highest BCUT2D eigenvalue weighted by Gasteiger charge is 2.18. The lowest BCUT2D eigenvalue weighted by molar-refractivity contribution is 0.295. The molecule has 0 spiro atoms. The zero-order valence-corrected chi connectivity index (χ0v) is 23.1. The molecule has 0 amide bonds. The van der Waals surface area contributed by atoms with Crippen LogP contribution in [0.15, 0.2) is 23.2 Å². The van der Waals surface area contributed by atoms with Crippen molar-refractivity contribution in [2.75, 3.05) is 41.9 Å². The average molecular weight is 559 g/mol. The Hall–Kier alpha value is -2.01. The molecule has 0 saturated heterocycles. The van der Waals surface area contributed by atoms with Crippen LogP contribution in [-0.4, -0.2) is 68.6 Å². The first-order chi connectivity index (χ1) is 14.7. The molecule has 0 aliphatic rings. The Morgan fingerprint density at radius 3 is 2.34 bits per heavy atom. The SMILES string of the molecule is CN=C(NCC(c1ccc(OC)c(OC)c1)N(C)C)NC(C)Cc1c(C)nn(C)c1C.I. The van der Waals surface area contributed by atoms with Crippen LogP contribution in [0.3, 0.4) is 0 Å². The number of aromatic nitrogens is 2. The Morgan fingerprint density at radius 2 is 1.84 bits per heavy atom. The molecule has 2 atom stereocenters. The maximum Gasteiger partial charge on any atom is 0.191 e. The minimum atomic E-state index is 0. The minimum Gasteiger partial charge on any atom is -0.493 e. The van der Waals surface area contributed by atoms with Gasteiger partial charge in [0.2, 0.25) is 0 Å². The van der Waals surface area contributed by atoms with E-state index in [2.05, 4.69) is 66.6 Å². The molecule has 0 bridgehead atoms. The molecule has 0 radical (unpaired) electrons. The second-order valence-electron chi connectivity index (χ2n) is 8.07. The van der Waals surface area contributed by atoms with Gasteiger partial charge in [-0.3, -0.25) is 9.67 Å². The number of ether oxygens (including phenoxy) is 2. The maximum atomic E-state index is 5.48. The Labute approximate surface area is 209 Å². The predicted molar refractivity (Wildman–Crippen MR) is 142 cm³/mol. The number of hydrogen-bond acceptors (Lipinski definition) is 5. The first-order valence-electron chi connectivity index (χ1n) is 10.6. The zero-order valence-electron chi connectivity index (χ0n) is 20.8. The molecule has 1 aromatic carbocycles. The predicted octanol–water partition coefficient (Wildman–Crippen LogP) is 3.07. The van der Waals surface area contributed by atoms with Crippen LogP contribution >= 0.6 is 24.0 Å². The summed E-state index contributed by atoms with van der Waals surface area (Å²) in [7, 11) is 11.2. The third-order valence-electron chi connectivity index (χ3n) is 5.65. The van der Waals surface area contributed by atoms with E-state index in [0.717, 1.165) is 35.1 Å². The van der Waals surface area contributed by atoms with E-state index in [1.807, 2.05) is 23.9 Å². The summed E-state index contributed by atoms with van der Waals surface area (Å²) in [5.74, 6) is 2.23. The normalized spacial score (nSPS) is 13.4. The summed E-state index contributed by atoms with van der Waals surface area (Å²) in [5.41, 5.74) is 4.71. The summed E-state index contributed by atoms with van der Waals surface area (Å²) in [4.78, 5) is 6.59. The van der Waals surface area contributed by atoms with Gasteiger partial charge in [-0.25, -0.2) is 0 Å². The Morgan fingerprint density at radius 1 is 1.19 bits per heavy atom. The summed E-state index contributed by atoms with van der Waals surface area (Å²) >= 11 is 0. The first kappa shape index (κ1) is 28.0. The summed E-state index contributed by atoms with van der Waals surface area (Å²) in [6.45, 7) is 7.03. The van der Waals surface area contributed by atoms with Crippen LogP contribution < -0.4 is 20.1 Å². The third kappa shape index (κ3) is 6.99.